The standard InChI is InChI=1S/C26H21N3O4/c1-32-18-11-12-19-22(30)14-24(33-23(19)13-18)26(31)27-15-25-28-20-9-5-6-10-21(20)29(25)16-17-7-3-2-4-8-17/h2-14H,15-16H2,1H3,(H,27,31). The van der Waals surface area contributed by atoms with Gasteiger partial charge in [-0.1, -0.05) is 42.5 Å². The molecule has 1 amide bonds. The lowest BCUT2D eigenvalue weighted by Crippen LogP contribution is -2.25. The van der Waals surface area contributed by atoms with Crippen molar-refractivity contribution in [3.63, 3.8) is 0 Å². The molecule has 2 heterocycles. The molecule has 7 nitrogen and oxygen atoms in total. The average Bonchev–Trinajstić information content (AvgIpc) is 3.20. The fourth-order valence-electron chi connectivity index (χ4n) is 3.82. The van der Waals surface area contributed by atoms with Crippen molar-refractivity contribution in [3.8, 4) is 5.75 Å². The van der Waals surface area contributed by atoms with E-state index in [1.165, 1.54) is 13.2 Å². The molecule has 0 aliphatic carbocycles. The molecule has 7 heteroatoms. The first-order valence-corrected chi connectivity index (χ1v) is 10.5. The van der Waals surface area contributed by atoms with Crippen LogP contribution in [-0.4, -0.2) is 22.6 Å². The molecule has 5 rings (SSSR count). The summed E-state index contributed by atoms with van der Waals surface area (Å²) in [6.45, 7) is 0.803. The summed E-state index contributed by atoms with van der Waals surface area (Å²) < 4.78 is 13.0. The van der Waals surface area contributed by atoms with Gasteiger partial charge >= 0.3 is 0 Å². The van der Waals surface area contributed by atoms with Gasteiger partial charge < -0.3 is 19.0 Å². The van der Waals surface area contributed by atoms with Crippen molar-refractivity contribution in [2.75, 3.05) is 7.11 Å². The molecule has 5 aromatic rings. The highest BCUT2D eigenvalue weighted by Crippen LogP contribution is 2.20. The van der Waals surface area contributed by atoms with E-state index >= 15 is 0 Å². The fourth-order valence-corrected chi connectivity index (χ4v) is 3.82. The van der Waals surface area contributed by atoms with Crippen molar-refractivity contribution in [1.29, 1.82) is 0 Å². The second-order valence-electron chi connectivity index (χ2n) is 7.61. The number of nitrogens with one attached hydrogen (secondary N) is 1. The summed E-state index contributed by atoms with van der Waals surface area (Å²) in [6, 6.07) is 24.0. The first-order chi connectivity index (χ1) is 16.1. The van der Waals surface area contributed by atoms with Crippen molar-refractivity contribution in [2.24, 2.45) is 0 Å². The van der Waals surface area contributed by atoms with Crippen LogP contribution in [0.25, 0.3) is 22.0 Å². The van der Waals surface area contributed by atoms with Crippen LogP contribution in [0.2, 0.25) is 0 Å². The quantitative estimate of drug-likeness (QED) is 0.430. The van der Waals surface area contributed by atoms with Crippen LogP contribution in [0.15, 0.2) is 88.1 Å². The van der Waals surface area contributed by atoms with Crippen LogP contribution in [0.3, 0.4) is 0 Å². The molecule has 0 aliphatic rings. The molecule has 0 fully saturated rings. The van der Waals surface area contributed by atoms with Gasteiger partial charge in [-0.3, -0.25) is 9.59 Å². The SMILES string of the molecule is COc1ccc2c(=O)cc(C(=O)NCc3nc4ccccc4n3Cc3ccccc3)oc2c1. The number of imidazole rings is 1. The summed E-state index contributed by atoms with van der Waals surface area (Å²) in [5.41, 5.74) is 2.96. The highest BCUT2D eigenvalue weighted by molar-refractivity contribution is 5.93. The lowest BCUT2D eigenvalue weighted by molar-refractivity contribution is 0.0922. The van der Waals surface area contributed by atoms with Gasteiger partial charge in [0, 0.05) is 18.7 Å². The molecule has 164 valence electrons. The summed E-state index contributed by atoms with van der Waals surface area (Å²) in [4.78, 5) is 30.0. The Morgan fingerprint density at radius 2 is 1.82 bits per heavy atom. The molecule has 0 unspecified atom stereocenters. The molecule has 0 radical (unpaired) electrons. The van der Waals surface area contributed by atoms with Crippen LogP contribution in [0.4, 0.5) is 0 Å². The van der Waals surface area contributed by atoms with Crippen LogP contribution in [0.5, 0.6) is 5.75 Å². The van der Waals surface area contributed by atoms with Crippen LogP contribution in [0.1, 0.15) is 21.9 Å². The number of amides is 1. The average molecular weight is 439 g/mol. The summed E-state index contributed by atoms with van der Waals surface area (Å²) in [7, 11) is 1.53. The maximum atomic E-state index is 12.8. The number of methoxy groups -OCH3 is 1. The Labute approximate surface area is 189 Å². The number of rotatable bonds is 6. The number of carbonyl (C=O) groups excluding carboxylic acids is 1. The number of aromatic nitrogens is 2. The number of ether oxygens (including phenoxy) is 1. The lowest BCUT2D eigenvalue weighted by atomic mass is 10.2. The van der Waals surface area contributed by atoms with E-state index in [1.807, 2.05) is 42.5 Å². The molecule has 0 bridgehead atoms. The maximum absolute atomic E-state index is 12.8. The van der Waals surface area contributed by atoms with E-state index in [2.05, 4.69) is 22.0 Å². The van der Waals surface area contributed by atoms with Crippen molar-refractivity contribution in [3.05, 3.63) is 106 Å². The number of benzene rings is 3. The van der Waals surface area contributed by atoms with Gasteiger partial charge in [0.2, 0.25) is 0 Å². The summed E-state index contributed by atoms with van der Waals surface area (Å²) >= 11 is 0. The van der Waals surface area contributed by atoms with E-state index in [1.54, 1.807) is 18.2 Å². The Morgan fingerprint density at radius 1 is 1.03 bits per heavy atom. The Bertz CT molecular complexity index is 1520. The van der Waals surface area contributed by atoms with E-state index in [4.69, 9.17) is 14.1 Å². The molecule has 0 aliphatic heterocycles. The topological polar surface area (TPSA) is 86.4 Å². The first kappa shape index (κ1) is 20.5. The Balaban J connectivity index is 1.43. The predicted molar refractivity (Wildman–Crippen MR) is 125 cm³/mol. The number of nitrogens with zero attached hydrogens (tertiary/aromatic N) is 2. The number of para-hydroxylation sites is 2. The minimum Gasteiger partial charge on any atom is -0.497 e. The smallest absolute Gasteiger partial charge is 0.287 e. The van der Waals surface area contributed by atoms with Crippen molar-refractivity contribution >= 4 is 27.9 Å². The Kier molecular flexibility index (Phi) is 5.36. The van der Waals surface area contributed by atoms with E-state index in [9.17, 15) is 9.59 Å². The zero-order valence-electron chi connectivity index (χ0n) is 17.9. The van der Waals surface area contributed by atoms with E-state index < -0.39 is 5.91 Å². The van der Waals surface area contributed by atoms with Crippen LogP contribution in [-0.2, 0) is 13.1 Å². The molecule has 0 saturated carbocycles. The van der Waals surface area contributed by atoms with Gasteiger partial charge in [-0.15, -0.1) is 0 Å². The second kappa shape index (κ2) is 8.63. The fraction of sp³-hybridized carbons (Fsp3) is 0.115. The van der Waals surface area contributed by atoms with Gasteiger partial charge in [-0.2, -0.15) is 0 Å². The van der Waals surface area contributed by atoms with E-state index in [0.717, 1.165) is 16.6 Å². The molecule has 0 saturated heterocycles. The number of carbonyl (C=O) groups is 1. The predicted octanol–water partition coefficient (Wildman–Crippen LogP) is 4.13. The molecule has 2 aromatic heterocycles. The van der Waals surface area contributed by atoms with Crippen LogP contribution < -0.4 is 15.5 Å². The minimum absolute atomic E-state index is 0.0635. The van der Waals surface area contributed by atoms with E-state index in [-0.39, 0.29) is 17.7 Å². The normalized spacial score (nSPS) is 11.1. The van der Waals surface area contributed by atoms with Gasteiger partial charge in [0.1, 0.15) is 17.2 Å². The lowest BCUT2D eigenvalue weighted by Gasteiger charge is -2.10. The Morgan fingerprint density at radius 3 is 2.64 bits per heavy atom. The highest BCUT2D eigenvalue weighted by atomic mass is 16.5. The number of fused-ring (bicyclic) bond motifs is 2. The van der Waals surface area contributed by atoms with Crippen molar-refractivity contribution in [1.82, 2.24) is 14.9 Å². The van der Waals surface area contributed by atoms with Gasteiger partial charge in [0.25, 0.3) is 5.91 Å². The number of hydrogen-bond acceptors (Lipinski definition) is 5. The van der Waals surface area contributed by atoms with Crippen LogP contribution in [0, 0.1) is 0 Å². The number of hydrogen-bond donors (Lipinski definition) is 1. The summed E-state index contributed by atoms with van der Waals surface area (Å²) in [5, 5.41) is 3.22. The third kappa shape index (κ3) is 4.08. The van der Waals surface area contributed by atoms with Crippen molar-refractivity contribution in [2.45, 2.75) is 13.1 Å². The highest BCUT2D eigenvalue weighted by Gasteiger charge is 2.16. The monoisotopic (exact) mass is 439 g/mol. The first-order valence-electron chi connectivity index (χ1n) is 10.5. The summed E-state index contributed by atoms with van der Waals surface area (Å²) in [6.07, 6.45) is 0. The van der Waals surface area contributed by atoms with Crippen LogP contribution >= 0.6 is 0 Å². The van der Waals surface area contributed by atoms with Crippen molar-refractivity contribution < 1.29 is 13.9 Å². The molecule has 1 N–H and O–H groups in total. The zero-order valence-corrected chi connectivity index (χ0v) is 17.9. The molecule has 3 aromatic carbocycles. The zero-order chi connectivity index (χ0) is 22.8. The van der Waals surface area contributed by atoms with Gasteiger partial charge in [-0.05, 0) is 29.8 Å². The van der Waals surface area contributed by atoms with Gasteiger partial charge in [0.05, 0.1) is 30.1 Å². The molecular formula is C26H21N3O4. The largest absolute Gasteiger partial charge is 0.497 e. The molecule has 33 heavy (non-hydrogen) atoms. The van der Waals surface area contributed by atoms with Gasteiger partial charge in [-0.25, -0.2) is 4.98 Å². The van der Waals surface area contributed by atoms with Gasteiger partial charge in [0.15, 0.2) is 11.2 Å². The maximum Gasteiger partial charge on any atom is 0.287 e. The molecular weight excluding hydrogens is 418 g/mol. The third-order valence-electron chi connectivity index (χ3n) is 5.48. The molecule has 0 spiro atoms. The minimum atomic E-state index is -0.491. The van der Waals surface area contributed by atoms with E-state index in [0.29, 0.717) is 29.1 Å². The molecule has 0 atom stereocenters. The second-order valence-corrected chi connectivity index (χ2v) is 7.61. The summed E-state index contributed by atoms with van der Waals surface area (Å²) in [5.74, 6) is 0.692. The third-order valence-corrected chi connectivity index (χ3v) is 5.48. The Hall–Kier alpha value is -4.39.